The zero-order valence-electron chi connectivity index (χ0n) is 12.3. The number of hydrogen-bond acceptors (Lipinski definition) is 3. The van der Waals surface area contributed by atoms with Gasteiger partial charge in [0.15, 0.2) is 0 Å². The second kappa shape index (κ2) is 6.71. The average Bonchev–Trinajstić information content (AvgIpc) is 2.36. The molecule has 19 heavy (non-hydrogen) atoms. The topological polar surface area (TPSA) is 55.6 Å². The molecule has 2 N–H and O–H groups in total. The fraction of sp³-hybridized carbons (Fsp3) is 0.933. The molecule has 2 fully saturated rings. The third kappa shape index (κ3) is 4.18. The first kappa shape index (κ1) is 14.8. The molecule has 4 heteroatoms. The van der Waals surface area contributed by atoms with Crippen molar-refractivity contribution in [1.29, 1.82) is 0 Å². The van der Waals surface area contributed by atoms with Gasteiger partial charge in [0.1, 0.15) is 6.61 Å². The van der Waals surface area contributed by atoms with Gasteiger partial charge < -0.3 is 15.4 Å². The predicted octanol–water partition coefficient (Wildman–Crippen LogP) is 1.92. The van der Waals surface area contributed by atoms with E-state index < -0.39 is 0 Å². The molecule has 1 saturated carbocycles. The van der Waals surface area contributed by atoms with Crippen LogP contribution in [0.1, 0.15) is 52.4 Å². The fourth-order valence-electron chi connectivity index (χ4n) is 3.38. The number of nitrogens with two attached hydrogens (primary N) is 1. The molecule has 0 radical (unpaired) electrons. The van der Waals surface area contributed by atoms with Crippen molar-refractivity contribution in [3.8, 4) is 0 Å². The van der Waals surface area contributed by atoms with Crippen LogP contribution < -0.4 is 5.73 Å². The molecule has 1 aliphatic carbocycles. The zero-order valence-corrected chi connectivity index (χ0v) is 12.3. The third-order valence-electron chi connectivity index (χ3n) is 4.57. The lowest BCUT2D eigenvalue weighted by molar-refractivity contribution is -0.142. The van der Waals surface area contributed by atoms with Gasteiger partial charge in [0.25, 0.3) is 0 Å². The van der Waals surface area contributed by atoms with Gasteiger partial charge in [-0.3, -0.25) is 4.79 Å². The highest BCUT2D eigenvalue weighted by Gasteiger charge is 2.28. The number of nitrogens with zero attached hydrogens (tertiary/aromatic N) is 1. The molecule has 2 rings (SSSR count). The summed E-state index contributed by atoms with van der Waals surface area (Å²) in [6.45, 7) is 5.38. The summed E-state index contributed by atoms with van der Waals surface area (Å²) in [7, 11) is 0. The van der Waals surface area contributed by atoms with Crippen molar-refractivity contribution in [2.24, 2.45) is 11.7 Å². The Kier molecular flexibility index (Phi) is 5.22. The van der Waals surface area contributed by atoms with Gasteiger partial charge in [0.2, 0.25) is 5.91 Å². The van der Waals surface area contributed by atoms with Gasteiger partial charge in [0, 0.05) is 18.6 Å². The number of amides is 1. The normalized spacial score (nSPS) is 36.3. The van der Waals surface area contributed by atoms with Crippen LogP contribution in [0.3, 0.4) is 0 Å². The highest BCUT2D eigenvalue weighted by atomic mass is 16.5. The first-order valence-electron chi connectivity index (χ1n) is 7.73. The molecule has 1 heterocycles. The van der Waals surface area contributed by atoms with Crippen LogP contribution in [0.4, 0.5) is 0 Å². The summed E-state index contributed by atoms with van der Waals surface area (Å²) in [5, 5.41) is 0. The Balaban J connectivity index is 1.74. The molecule has 0 aromatic heterocycles. The lowest BCUT2D eigenvalue weighted by atomic mass is 9.89. The average molecular weight is 268 g/mol. The molecule has 4 nitrogen and oxygen atoms in total. The van der Waals surface area contributed by atoms with Crippen LogP contribution >= 0.6 is 0 Å². The van der Waals surface area contributed by atoms with E-state index in [9.17, 15) is 4.79 Å². The van der Waals surface area contributed by atoms with Crippen molar-refractivity contribution in [3.05, 3.63) is 0 Å². The molecular weight excluding hydrogens is 240 g/mol. The summed E-state index contributed by atoms with van der Waals surface area (Å²) < 4.78 is 5.82. The molecule has 1 aliphatic heterocycles. The second-order valence-corrected chi connectivity index (χ2v) is 6.43. The fourth-order valence-corrected chi connectivity index (χ4v) is 3.38. The maximum atomic E-state index is 12.2. The smallest absolute Gasteiger partial charge is 0.248 e. The quantitative estimate of drug-likeness (QED) is 0.851. The number of hydrogen-bond donors (Lipinski definition) is 1. The Hall–Kier alpha value is -0.610. The molecule has 0 bridgehead atoms. The number of likely N-dealkylation sites (tertiary alicyclic amines) is 1. The van der Waals surface area contributed by atoms with Crippen LogP contribution in [0.5, 0.6) is 0 Å². The van der Waals surface area contributed by atoms with Gasteiger partial charge in [0.05, 0.1) is 6.10 Å². The van der Waals surface area contributed by atoms with Gasteiger partial charge in [-0.25, -0.2) is 0 Å². The molecule has 0 aromatic rings. The van der Waals surface area contributed by atoms with Gasteiger partial charge >= 0.3 is 0 Å². The van der Waals surface area contributed by atoms with Crippen molar-refractivity contribution in [1.82, 2.24) is 4.90 Å². The summed E-state index contributed by atoms with van der Waals surface area (Å²) in [4.78, 5) is 14.1. The van der Waals surface area contributed by atoms with Crippen molar-refractivity contribution < 1.29 is 9.53 Å². The number of piperidine rings is 1. The van der Waals surface area contributed by atoms with E-state index in [-0.39, 0.29) is 30.7 Å². The van der Waals surface area contributed by atoms with Crippen molar-refractivity contribution in [3.63, 3.8) is 0 Å². The number of carbonyl (C=O) groups excluding carboxylic acids is 1. The van der Waals surface area contributed by atoms with Crippen LogP contribution in [-0.2, 0) is 9.53 Å². The summed E-state index contributed by atoms with van der Waals surface area (Å²) in [6, 6.07) is 0.504. The highest BCUT2D eigenvalue weighted by Crippen LogP contribution is 2.26. The SMILES string of the molecule is CC1CCCC(OCC(=O)N2CCC(N)CC2C)C1. The van der Waals surface area contributed by atoms with E-state index in [0.717, 1.165) is 38.1 Å². The predicted molar refractivity (Wildman–Crippen MR) is 75.8 cm³/mol. The Bertz CT molecular complexity index is 309. The van der Waals surface area contributed by atoms with Gasteiger partial charge in [-0.05, 0) is 38.5 Å². The van der Waals surface area contributed by atoms with Crippen LogP contribution in [-0.4, -0.2) is 42.1 Å². The second-order valence-electron chi connectivity index (χ2n) is 6.43. The highest BCUT2D eigenvalue weighted by molar-refractivity contribution is 5.77. The first-order chi connectivity index (χ1) is 9.06. The molecule has 4 unspecified atom stereocenters. The van der Waals surface area contributed by atoms with Crippen molar-refractivity contribution >= 4 is 5.91 Å². The maximum absolute atomic E-state index is 12.2. The number of rotatable bonds is 3. The lowest BCUT2D eigenvalue weighted by Crippen LogP contribution is -2.49. The van der Waals surface area contributed by atoms with E-state index in [2.05, 4.69) is 13.8 Å². The summed E-state index contributed by atoms with van der Waals surface area (Å²) >= 11 is 0. The molecule has 1 amide bonds. The number of ether oxygens (including phenoxy) is 1. The van der Waals surface area contributed by atoms with Crippen LogP contribution in [0.2, 0.25) is 0 Å². The van der Waals surface area contributed by atoms with Crippen LogP contribution in [0, 0.1) is 5.92 Å². The monoisotopic (exact) mass is 268 g/mol. The minimum Gasteiger partial charge on any atom is -0.368 e. The lowest BCUT2D eigenvalue weighted by Gasteiger charge is -2.37. The van der Waals surface area contributed by atoms with E-state index in [0.29, 0.717) is 0 Å². The molecule has 2 aliphatic rings. The van der Waals surface area contributed by atoms with E-state index in [4.69, 9.17) is 10.5 Å². The maximum Gasteiger partial charge on any atom is 0.248 e. The minimum absolute atomic E-state index is 0.137. The standard InChI is InChI=1S/C15H28N2O2/c1-11-4-3-5-14(8-11)19-10-15(18)17-7-6-13(16)9-12(17)2/h11-14H,3-10,16H2,1-2H3. The van der Waals surface area contributed by atoms with Crippen LogP contribution in [0.25, 0.3) is 0 Å². The Morgan fingerprint density at radius 2 is 2.05 bits per heavy atom. The number of carbonyl (C=O) groups is 1. The molecule has 4 atom stereocenters. The Morgan fingerprint density at radius 3 is 2.74 bits per heavy atom. The van der Waals surface area contributed by atoms with Gasteiger partial charge in [-0.1, -0.05) is 19.8 Å². The third-order valence-corrected chi connectivity index (χ3v) is 4.57. The first-order valence-corrected chi connectivity index (χ1v) is 7.73. The molecule has 110 valence electrons. The van der Waals surface area contributed by atoms with Crippen LogP contribution in [0.15, 0.2) is 0 Å². The van der Waals surface area contributed by atoms with E-state index in [1.807, 2.05) is 4.90 Å². The van der Waals surface area contributed by atoms with Crippen molar-refractivity contribution in [2.75, 3.05) is 13.2 Å². The van der Waals surface area contributed by atoms with E-state index in [1.54, 1.807) is 0 Å². The van der Waals surface area contributed by atoms with Gasteiger partial charge in [-0.15, -0.1) is 0 Å². The summed E-state index contributed by atoms with van der Waals surface area (Å²) in [5.41, 5.74) is 5.92. The molecule has 0 spiro atoms. The molecule has 1 saturated heterocycles. The van der Waals surface area contributed by atoms with Gasteiger partial charge in [-0.2, -0.15) is 0 Å². The molecule has 0 aromatic carbocycles. The Labute approximate surface area is 116 Å². The summed E-state index contributed by atoms with van der Waals surface area (Å²) in [6.07, 6.45) is 6.85. The van der Waals surface area contributed by atoms with Crippen molar-refractivity contribution in [2.45, 2.75) is 70.6 Å². The van der Waals surface area contributed by atoms with E-state index >= 15 is 0 Å². The van der Waals surface area contributed by atoms with E-state index in [1.165, 1.54) is 12.8 Å². The zero-order chi connectivity index (χ0) is 13.8. The summed E-state index contributed by atoms with van der Waals surface area (Å²) in [5.74, 6) is 0.874. The minimum atomic E-state index is 0.137. The largest absolute Gasteiger partial charge is 0.368 e. The Morgan fingerprint density at radius 1 is 1.26 bits per heavy atom. The molecular formula is C15H28N2O2.